The van der Waals surface area contributed by atoms with E-state index in [9.17, 15) is 0 Å². The lowest BCUT2D eigenvalue weighted by Gasteiger charge is -2.33. The van der Waals surface area contributed by atoms with E-state index in [0.29, 0.717) is 17.8 Å². The fraction of sp³-hybridized carbons (Fsp3) is 0.600. The van der Waals surface area contributed by atoms with Crippen molar-refractivity contribution < 1.29 is 4.74 Å². The Morgan fingerprint density at radius 2 is 2.44 bits per heavy atom. The molecule has 1 fully saturated rings. The number of nitrogens with zero attached hydrogens (tertiary/aromatic N) is 3. The van der Waals surface area contributed by atoms with Crippen LogP contribution in [0.3, 0.4) is 0 Å². The van der Waals surface area contributed by atoms with E-state index in [4.69, 9.17) is 16.3 Å². The Morgan fingerprint density at radius 3 is 3.25 bits per heavy atom. The fourth-order valence-electron chi connectivity index (χ4n) is 2.27. The summed E-state index contributed by atoms with van der Waals surface area (Å²) < 4.78 is 5.55. The van der Waals surface area contributed by atoms with Gasteiger partial charge >= 0.3 is 0 Å². The molecule has 0 amide bonds. The minimum absolute atomic E-state index is 0.380. The molecule has 2 aliphatic rings. The molecule has 1 saturated heterocycles. The zero-order valence-corrected chi connectivity index (χ0v) is 9.57. The van der Waals surface area contributed by atoms with Crippen LogP contribution >= 0.6 is 11.6 Å². The van der Waals surface area contributed by atoms with Crippen molar-refractivity contribution in [2.45, 2.75) is 12.5 Å². The molecule has 3 heterocycles. The van der Waals surface area contributed by atoms with Gasteiger partial charge in [0.25, 0.3) is 0 Å². The Kier molecular flexibility index (Phi) is 2.57. The van der Waals surface area contributed by atoms with Crippen molar-refractivity contribution in [2.24, 2.45) is 0 Å². The Bertz CT molecular complexity index is 394. The highest BCUT2D eigenvalue weighted by Gasteiger charge is 2.29. The molecule has 0 bridgehead atoms. The van der Waals surface area contributed by atoms with Gasteiger partial charge in [0.2, 0.25) is 0 Å². The maximum Gasteiger partial charge on any atom is 0.194 e. The molecule has 3 rings (SSSR count). The van der Waals surface area contributed by atoms with Crippen LogP contribution in [0.2, 0.25) is 5.15 Å². The molecule has 16 heavy (non-hydrogen) atoms. The highest BCUT2D eigenvalue weighted by Crippen LogP contribution is 2.32. The van der Waals surface area contributed by atoms with E-state index in [1.54, 1.807) is 6.07 Å². The van der Waals surface area contributed by atoms with Gasteiger partial charge in [-0.15, -0.1) is 10.2 Å². The molecule has 0 spiro atoms. The van der Waals surface area contributed by atoms with Crippen LogP contribution < -0.4 is 15.0 Å². The number of rotatable bonds is 1. The first kappa shape index (κ1) is 10.1. The number of anilines is 1. The first-order valence-electron chi connectivity index (χ1n) is 5.48. The molecule has 5 nitrogen and oxygen atoms in total. The summed E-state index contributed by atoms with van der Waals surface area (Å²) in [6.45, 7) is 3.63. The van der Waals surface area contributed by atoms with Crippen LogP contribution in [-0.4, -0.2) is 42.5 Å². The minimum Gasteiger partial charge on any atom is -0.488 e. The van der Waals surface area contributed by atoms with Gasteiger partial charge in [0.1, 0.15) is 6.61 Å². The molecule has 0 unspecified atom stereocenters. The molecule has 1 N–H and O–H groups in total. The zero-order chi connectivity index (χ0) is 11.0. The Hall–Kier alpha value is -1.07. The largest absolute Gasteiger partial charge is 0.488 e. The molecule has 1 atom stereocenters. The lowest BCUT2D eigenvalue weighted by molar-refractivity contribution is 0.297. The van der Waals surface area contributed by atoms with Crippen molar-refractivity contribution in [3.8, 4) is 5.75 Å². The highest BCUT2D eigenvalue weighted by molar-refractivity contribution is 6.29. The van der Waals surface area contributed by atoms with Crippen molar-refractivity contribution in [3.05, 3.63) is 11.2 Å². The summed E-state index contributed by atoms with van der Waals surface area (Å²) in [6, 6.07) is 2.23. The van der Waals surface area contributed by atoms with Gasteiger partial charge in [-0.3, -0.25) is 0 Å². The van der Waals surface area contributed by atoms with Gasteiger partial charge in [0, 0.05) is 18.7 Å². The molecule has 86 valence electrons. The van der Waals surface area contributed by atoms with E-state index in [2.05, 4.69) is 20.4 Å². The van der Waals surface area contributed by atoms with Gasteiger partial charge in [-0.1, -0.05) is 11.6 Å². The standard InChI is InChI=1S/C10H13ClN4O/c11-9-5-8-10(14-13-9)15(3-4-16-8)7-1-2-12-6-7/h5,7,12H,1-4,6H2/t7-/m1/s1. The zero-order valence-electron chi connectivity index (χ0n) is 8.82. The number of hydrogen-bond acceptors (Lipinski definition) is 5. The quantitative estimate of drug-likeness (QED) is 0.783. The molecule has 0 radical (unpaired) electrons. The third-order valence-electron chi connectivity index (χ3n) is 3.05. The van der Waals surface area contributed by atoms with E-state index < -0.39 is 0 Å². The molecular weight excluding hydrogens is 228 g/mol. The third-order valence-corrected chi connectivity index (χ3v) is 3.23. The van der Waals surface area contributed by atoms with E-state index in [1.807, 2.05) is 0 Å². The maximum atomic E-state index is 5.80. The topological polar surface area (TPSA) is 50.3 Å². The average molecular weight is 241 g/mol. The monoisotopic (exact) mass is 240 g/mol. The highest BCUT2D eigenvalue weighted by atomic mass is 35.5. The predicted molar refractivity (Wildman–Crippen MR) is 61.2 cm³/mol. The Labute approximate surface area is 98.7 Å². The molecule has 1 aromatic heterocycles. The number of aromatic nitrogens is 2. The molecule has 1 aromatic rings. The van der Waals surface area contributed by atoms with Gasteiger partial charge in [-0.2, -0.15) is 0 Å². The van der Waals surface area contributed by atoms with Gasteiger partial charge in [-0.05, 0) is 13.0 Å². The van der Waals surface area contributed by atoms with Crippen LogP contribution in [0.5, 0.6) is 5.75 Å². The second kappa shape index (κ2) is 4.07. The van der Waals surface area contributed by atoms with E-state index in [0.717, 1.165) is 37.6 Å². The SMILES string of the molecule is Clc1cc2c(nn1)N([C@@H]1CCNC1)CCO2. The average Bonchev–Trinajstić information content (AvgIpc) is 2.81. The molecule has 2 aliphatic heterocycles. The summed E-state index contributed by atoms with van der Waals surface area (Å²) in [5, 5.41) is 11.8. The summed E-state index contributed by atoms with van der Waals surface area (Å²) in [5.41, 5.74) is 0. The van der Waals surface area contributed by atoms with Crippen LogP contribution in [0.4, 0.5) is 5.82 Å². The van der Waals surface area contributed by atoms with Crippen molar-refractivity contribution in [3.63, 3.8) is 0 Å². The molecule has 0 aromatic carbocycles. The van der Waals surface area contributed by atoms with Crippen molar-refractivity contribution in [1.29, 1.82) is 0 Å². The Balaban J connectivity index is 1.93. The summed E-state index contributed by atoms with van der Waals surface area (Å²) in [6.07, 6.45) is 1.14. The number of fused-ring (bicyclic) bond motifs is 1. The van der Waals surface area contributed by atoms with E-state index >= 15 is 0 Å². The summed E-state index contributed by atoms with van der Waals surface area (Å²) in [7, 11) is 0. The predicted octanol–water partition coefficient (Wildman–Crippen LogP) is 0.691. The van der Waals surface area contributed by atoms with E-state index in [1.165, 1.54) is 0 Å². The number of halogens is 1. The second-order valence-corrected chi connectivity index (χ2v) is 4.43. The maximum absolute atomic E-state index is 5.80. The molecular formula is C10H13ClN4O. The number of hydrogen-bond donors (Lipinski definition) is 1. The third kappa shape index (κ3) is 1.70. The first-order chi connectivity index (χ1) is 7.84. The molecule has 0 aliphatic carbocycles. The second-order valence-electron chi connectivity index (χ2n) is 4.04. The van der Waals surface area contributed by atoms with Gasteiger partial charge in [-0.25, -0.2) is 0 Å². The van der Waals surface area contributed by atoms with Crippen LogP contribution in [0.1, 0.15) is 6.42 Å². The van der Waals surface area contributed by atoms with Crippen molar-refractivity contribution in [2.75, 3.05) is 31.1 Å². The Morgan fingerprint density at radius 1 is 1.50 bits per heavy atom. The lowest BCUT2D eigenvalue weighted by Crippen LogP contribution is -2.43. The summed E-state index contributed by atoms with van der Waals surface area (Å²) in [5.74, 6) is 1.57. The summed E-state index contributed by atoms with van der Waals surface area (Å²) in [4.78, 5) is 2.27. The number of ether oxygens (including phenoxy) is 1. The van der Waals surface area contributed by atoms with Crippen LogP contribution in [-0.2, 0) is 0 Å². The first-order valence-corrected chi connectivity index (χ1v) is 5.86. The lowest BCUT2D eigenvalue weighted by atomic mass is 10.2. The molecule has 6 heteroatoms. The van der Waals surface area contributed by atoms with Crippen LogP contribution in [0, 0.1) is 0 Å². The van der Waals surface area contributed by atoms with E-state index in [-0.39, 0.29) is 0 Å². The van der Waals surface area contributed by atoms with Gasteiger partial charge in [0.15, 0.2) is 16.7 Å². The molecule has 0 saturated carbocycles. The van der Waals surface area contributed by atoms with Crippen LogP contribution in [0.25, 0.3) is 0 Å². The van der Waals surface area contributed by atoms with Crippen molar-refractivity contribution in [1.82, 2.24) is 15.5 Å². The fourth-order valence-corrected chi connectivity index (χ4v) is 2.41. The minimum atomic E-state index is 0.380. The van der Waals surface area contributed by atoms with Gasteiger partial charge in [0.05, 0.1) is 6.54 Å². The normalized spacial score (nSPS) is 24.1. The smallest absolute Gasteiger partial charge is 0.194 e. The number of nitrogens with one attached hydrogen (secondary N) is 1. The van der Waals surface area contributed by atoms with Gasteiger partial charge < -0.3 is 15.0 Å². The van der Waals surface area contributed by atoms with Crippen molar-refractivity contribution >= 4 is 17.4 Å². The van der Waals surface area contributed by atoms with Crippen LogP contribution in [0.15, 0.2) is 6.07 Å². The summed E-state index contributed by atoms with van der Waals surface area (Å²) >= 11 is 5.80.